The molecule has 2 saturated heterocycles. The van der Waals surface area contributed by atoms with Crippen LogP contribution in [0.5, 0.6) is 5.75 Å². The number of anilines is 3. The molecule has 4 aromatic rings. The molecular weight excluding hydrogens is 649 g/mol. The molecule has 0 aliphatic carbocycles. The summed E-state index contributed by atoms with van der Waals surface area (Å²) < 4.78 is 27.0. The second kappa shape index (κ2) is 12.3. The molecule has 7 rings (SSSR count). The van der Waals surface area contributed by atoms with Crippen molar-refractivity contribution in [3.05, 3.63) is 34.6 Å². The highest BCUT2D eigenvalue weighted by Crippen LogP contribution is 2.50. The zero-order valence-electron chi connectivity index (χ0n) is 28.1. The minimum absolute atomic E-state index is 0.0333. The normalized spacial score (nSPS) is 19.4. The van der Waals surface area contributed by atoms with Crippen molar-refractivity contribution in [3.8, 4) is 22.9 Å². The molecule has 2 atom stereocenters. The van der Waals surface area contributed by atoms with Crippen LogP contribution in [0.15, 0.2) is 12.1 Å². The van der Waals surface area contributed by atoms with Crippen LogP contribution in [0.25, 0.3) is 32.1 Å². The van der Waals surface area contributed by atoms with E-state index in [4.69, 9.17) is 19.4 Å². The topological polar surface area (TPSA) is 153 Å². The number of aromatic hydroxyl groups is 1. The summed E-state index contributed by atoms with van der Waals surface area (Å²) >= 11 is 0.922. The number of halogens is 1. The van der Waals surface area contributed by atoms with Gasteiger partial charge in [-0.15, -0.1) is 11.3 Å². The van der Waals surface area contributed by atoms with Crippen LogP contribution in [0, 0.1) is 23.1 Å². The highest BCUT2D eigenvalue weighted by atomic mass is 32.1. The molecule has 2 aromatic carbocycles. The molecule has 0 bridgehead atoms. The monoisotopic (exact) mass is 687 g/mol. The van der Waals surface area contributed by atoms with Gasteiger partial charge in [-0.05, 0) is 68.7 Å². The van der Waals surface area contributed by atoms with Crippen LogP contribution < -0.4 is 15.5 Å². The van der Waals surface area contributed by atoms with Gasteiger partial charge in [0.2, 0.25) is 11.9 Å². The van der Waals surface area contributed by atoms with Gasteiger partial charge in [0.1, 0.15) is 45.6 Å². The maximum Gasteiger partial charge on any atom is 0.412 e. The van der Waals surface area contributed by atoms with Crippen molar-refractivity contribution in [1.29, 1.82) is 5.26 Å². The van der Waals surface area contributed by atoms with E-state index in [2.05, 4.69) is 28.5 Å². The number of hydrogen-bond acceptors (Lipinski definition) is 11. The standard InChI is InChI=1S/C35H38FN7O5S/c1-17-10-12-43(14-17)33-39-27-26(30(40-33)38-23-7-6-11-42(5)32(23)45)21-16-47-15-20(21)24(28(27)44)18-8-9-22(36)29-25(18)19(13-37)31(49-29)41-34(46)48-35(2,3)4/h8-9,17,23,44H,6-7,10-12,14-16H2,1-5H3,(H,41,46)(H,38,39,40)/t17-,23?/m1/s1. The molecule has 5 heterocycles. The highest BCUT2D eigenvalue weighted by molar-refractivity contribution is 7.23. The Balaban J connectivity index is 1.45. The number of piperidine rings is 1. The summed E-state index contributed by atoms with van der Waals surface area (Å²) in [6.07, 6.45) is 1.66. The van der Waals surface area contributed by atoms with Crippen LogP contribution in [-0.2, 0) is 27.5 Å². The molecule has 256 valence electrons. The lowest BCUT2D eigenvalue weighted by atomic mass is 9.90. The molecule has 3 aliphatic heterocycles. The molecular formula is C35H38FN7O5S. The predicted molar refractivity (Wildman–Crippen MR) is 185 cm³/mol. The molecule has 0 spiro atoms. The minimum Gasteiger partial charge on any atom is -0.505 e. The fourth-order valence-electron chi connectivity index (χ4n) is 7.00. The van der Waals surface area contributed by atoms with Crippen LogP contribution in [0.4, 0.5) is 26.0 Å². The number of likely N-dealkylation sites (tertiary alicyclic amines) is 1. The molecule has 0 saturated carbocycles. The number of nitrogens with zero attached hydrogens (tertiary/aromatic N) is 5. The third-order valence-corrected chi connectivity index (χ3v) is 10.4. The van der Waals surface area contributed by atoms with Crippen molar-refractivity contribution in [1.82, 2.24) is 14.9 Å². The number of carbonyl (C=O) groups excluding carboxylic acids is 2. The average Bonchev–Trinajstić information content (AvgIpc) is 3.78. The summed E-state index contributed by atoms with van der Waals surface area (Å²) in [5, 5.41) is 29.6. The first-order chi connectivity index (χ1) is 23.3. The summed E-state index contributed by atoms with van der Waals surface area (Å²) in [7, 11) is 1.78. The fourth-order valence-corrected chi connectivity index (χ4v) is 8.07. The quantitative estimate of drug-likeness (QED) is 0.212. The number of fused-ring (bicyclic) bond motifs is 4. The number of thiophene rings is 1. The number of aromatic nitrogens is 2. The van der Waals surface area contributed by atoms with E-state index in [-0.39, 0.29) is 51.0 Å². The van der Waals surface area contributed by atoms with Gasteiger partial charge in [-0.25, -0.2) is 14.2 Å². The highest BCUT2D eigenvalue weighted by Gasteiger charge is 2.34. The third kappa shape index (κ3) is 5.84. The molecule has 2 amide bonds. The van der Waals surface area contributed by atoms with Crippen LogP contribution >= 0.6 is 11.3 Å². The van der Waals surface area contributed by atoms with E-state index in [1.165, 1.54) is 12.1 Å². The van der Waals surface area contributed by atoms with Gasteiger partial charge < -0.3 is 29.7 Å². The van der Waals surface area contributed by atoms with Crippen molar-refractivity contribution < 1.29 is 28.6 Å². The van der Waals surface area contributed by atoms with Gasteiger partial charge in [0.05, 0.1) is 28.9 Å². The van der Waals surface area contributed by atoms with E-state index in [9.17, 15) is 20.0 Å². The van der Waals surface area contributed by atoms with Gasteiger partial charge in [-0.1, -0.05) is 13.0 Å². The van der Waals surface area contributed by atoms with Crippen LogP contribution in [0.3, 0.4) is 0 Å². The Morgan fingerprint density at radius 3 is 2.67 bits per heavy atom. The van der Waals surface area contributed by atoms with Crippen molar-refractivity contribution in [3.63, 3.8) is 0 Å². The first-order valence-electron chi connectivity index (χ1n) is 16.4. The lowest BCUT2D eigenvalue weighted by Crippen LogP contribution is -2.45. The second-order valence-corrected chi connectivity index (χ2v) is 15.1. The summed E-state index contributed by atoms with van der Waals surface area (Å²) in [5.41, 5.74) is 1.67. The number of phenolic OH excluding ortho intramolecular Hbond substituents is 1. The molecule has 0 radical (unpaired) electrons. The number of rotatable bonds is 5. The van der Waals surface area contributed by atoms with E-state index in [0.29, 0.717) is 52.7 Å². The van der Waals surface area contributed by atoms with Gasteiger partial charge in [0.15, 0.2) is 0 Å². The smallest absolute Gasteiger partial charge is 0.412 e. The van der Waals surface area contributed by atoms with E-state index in [1.54, 1.807) is 32.7 Å². The van der Waals surface area contributed by atoms with Crippen molar-refractivity contribution >= 4 is 61.1 Å². The predicted octanol–water partition coefficient (Wildman–Crippen LogP) is 6.48. The Bertz CT molecular complexity index is 2070. The first-order valence-corrected chi connectivity index (χ1v) is 17.2. The van der Waals surface area contributed by atoms with Gasteiger partial charge in [-0.3, -0.25) is 10.1 Å². The van der Waals surface area contributed by atoms with Crippen LogP contribution in [-0.4, -0.2) is 70.3 Å². The number of nitriles is 1. The third-order valence-electron chi connectivity index (χ3n) is 9.28. The van der Waals surface area contributed by atoms with E-state index < -0.39 is 23.6 Å². The number of phenols is 1. The number of carbonyl (C=O) groups is 2. The number of hydrogen-bond donors (Lipinski definition) is 3. The van der Waals surface area contributed by atoms with Crippen molar-refractivity contribution in [2.45, 2.75) is 71.8 Å². The molecule has 3 N–H and O–H groups in total. The van der Waals surface area contributed by atoms with Crippen molar-refractivity contribution in [2.75, 3.05) is 42.2 Å². The molecule has 2 fully saturated rings. The average molecular weight is 688 g/mol. The minimum atomic E-state index is -0.789. The van der Waals surface area contributed by atoms with Gasteiger partial charge in [-0.2, -0.15) is 10.2 Å². The molecule has 1 unspecified atom stereocenters. The van der Waals surface area contributed by atoms with Crippen LogP contribution in [0.2, 0.25) is 0 Å². The zero-order valence-corrected chi connectivity index (χ0v) is 28.9. The fraction of sp³-hybridized carbons (Fsp3) is 0.457. The van der Waals surface area contributed by atoms with Crippen LogP contribution in [0.1, 0.15) is 63.6 Å². The summed E-state index contributed by atoms with van der Waals surface area (Å²) in [6, 6.07) is 4.46. The summed E-state index contributed by atoms with van der Waals surface area (Å²) in [6.45, 7) is 9.82. The largest absolute Gasteiger partial charge is 0.505 e. The van der Waals surface area contributed by atoms with E-state index in [0.717, 1.165) is 42.8 Å². The Hall–Kier alpha value is -4.74. The van der Waals surface area contributed by atoms with Gasteiger partial charge >= 0.3 is 6.09 Å². The zero-order chi connectivity index (χ0) is 34.8. The number of amides is 2. The molecule has 49 heavy (non-hydrogen) atoms. The van der Waals surface area contributed by atoms with Gasteiger partial charge in [0, 0.05) is 37.6 Å². The lowest BCUT2D eigenvalue weighted by molar-refractivity contribution is -0.132. The maximum absolute atomic E-state index is 15.4. The summed E-state index contributed by atoms with van der Waals surface area (Å²) in [4.78, 5) is 39.6. The number of nitrogens with one attached hydrogen (secondary N) is 2. The second-order valence-electron chi connectivity index (χ2n) is 14.1. The Kier molecular flexibility index (Phi) is 8.23. The number of ether oxygens (including phenoxy) is 2. The Morgan fingerprint density at radius 1 is 1.18 bits per heavy atom. The van der Waals surface area contributed by atoms with Crippen molar-refractivity contribution in [2.24, 2.45) is 5.92 Å². The number of benzene rings is 2. The summed E-state index contributed by atoms with van der Waals surface area (Å²) in [5.74, 6) is 0.521. The SMILES string of the molecule is C[C@@H]1CCN(c2nc(NC3CCCN(C)C3=O)c3c4c(c(-c5ccc(F)c6sc(NC(=O)OC(C)(C)C)c(C#N)c56)c(O)c3n2)COC4)C1. The van der Waals surface area contributed by atoms with E-state index in [1.807, 2.05) is 0 Å². The Morgan fingerprint density at radius 2 is 1.96 bits per heavy atom. The first kappa shape index (κ1) is 32.8. The number of likely N-dealkylation sites (N-methyl/N-ethyl adjacent to an activating group) is 1. The molecule has 2 aromatic heterocycles. The molecule has 12 nitrogen and oxygen atoms in total. The Labute approximate surface area is 286 Å². The molecule has 3 aliphatic rings. The molecule has 14 heteroatoms. The van der Waals surface area contributed by atoms with Gasteiger partial charge in [0.25, 0.3) is 0 Å². The maximum atomic E-state index is 15.4. The lowest BCUT2D eigenvalue weighted by Gasteiger charge is -2.30. The van der Waals surface area contributed by atoms with E-state index >= 15 is 4.39 Å².